The predicted molar refractivity (Wildman–Crippen MR) is 94.1 cm³/mol. The van der Waals surface area contributed by atoms with Crippen LogP contribution in [-0.4, -0.2) is 38.2 Å². The van der Waals surface area contributed by atoms with Crippen LogP contribution in [0.1, 0.15) is 30.1 Å². The summed E-state index contributed by atoms with van der Waals surface area (Å²) in [5.41, 5.74) is 1.79. The largest absolute Gasteiger partial charge is 0.464 e. The fourth-order valence-electron chi connectivity index (χ4n) is 3.72. The van der Waals surface area contributed by atoms with Crippen molar-refractivity contribution in [3.8, 4) is 0 Å². The van der Waals surface area contributed by atoms with Crippen molar-refractivity contribution in [2.24, 2.45) is 0 Å². The molecular formula is C19H22N4O2. The Morgan fingerprint density at radius 1 is 1.32 bits per heavy atom. The van der Waals surface area contributed by atoms with E-state index in [1.54, 1.807) is 6.26 Å². The quantitative estimate of drug-likeness (QED) is 0.734. The maximum atomic E-state index is 12.9. The number of carbonyl (C=O) groups excluding carboxylic acids is 1. The SMILES string of the molecule is Cc1nc(C)n(CC2CCCN2C(=O)Cc2coc3ccccc23)n1. The van der Waals surface area contributed by atoms with Gasteiger partial charge in [-0.15, -0.1) is 0 Å². The summed E-state index contributed by atoms with van der Waals surface area (Å²) in [6.45, 7) is 5.38. The summed E-state index contributed by atoms with van der Waals surface area (Å²) in [5.74, 6) is 1.83. The molecule has 1 atom stereocenters. The minimum absolute atomic E-state index is 0.156. The number of amides is 1. The van der Waals surface area contributed by atoms with Crippen LogP contribution in [0, 0.1) is 13.8 Å². The first kappa shape index (κ1) is 15.9. The van der Waals surface area contributed by atoms with Crippen LogP contribution in [-0.2, 0) is 17.8 Å². The first-order valence-corrected chi connectivity index (χ1v) is 8.74. The van der Waals surface area contributed by atoms with Crippen molar-refractivity contribution in [1.82, 2.24) is 19.7 Å². The minimum atomic E-state index is 0.156. The zero-order valence-corrected chi connectivity index (χ0v) is 14.6. The van der Waals surface area contributed by atoms with Crippen LogP contribution in [0.2, 0.25) is 0 Å². The van der Waals surface area contributed by atoms with Gasteiger partial charge in [-0.2, -0.15) is 5.10 Å². The summed E-state index contributed by atoms with van der Waals surface area (Å²) < 4.78 is 7.48. The van der Waals surface area contributed by atoms with E-state index in [-0.39, 0.29) is 11.9 Å². The minimum Gasteiger partial charge on any atom is -0.464 e. The fourth-order valence-corrected chi connectivity index (χ4v) is 3.72. The molecule has 1 aliphatic heterocycles. The van der Waals surface area contributed by atoms with Crippen LogP contribution in [0.3, 0.4) is 0 Å². The number of furan rings is 1. The van der Waals surface area contributed by atoms with Crippen LogP contribution < -0.4 is 0 Å². The van der Waals surface area contributed by atoms with Gasteiger partial charge in [-0.1, -0.05) is 18.2 Å². The molecule has 1 saturated heterocycles. The standard InChI is InChI=1S/C19H22N4O2/c1-13-20-14(2)23(21-13)11-16-6-5-9-22(16)19(24)10-15-12-25-18-8-4-3-7-17(15)18/h3-4,7-8,12,16H,5-6,9-11H2,1-2H3. The van der Waals surface area contributed by atoms with Gasteiger partial charge in [-0.25, -0.2) is 9.67 Å². The lowest BCUT2D eigenvalue weighted by atomic mass is 10.1. The number of likely N-dealkylation sites (tertiary alicyclic amines) is 1. The van der Waals surface area contributed by atoms with Gasteiger partial charge in [0.15, 0.2) is 0 Å². The number of carbonyl (C=O) groups is 1. The van der Waals surface area contributed by atoms with Crippen molar-refractivity contribution < 1.29 is 9.21 Å². The number of benzene rings is 1. The Balaban J connectivity index is 1.50. The highest BCUT2D eigenvalue weighted by Gasteiger charge is 2.30. The van der Waals surface area contributed by atoms with Crippen LogP contribution in [0.5, 0.6) is 0 Å². The highest BCUT2D eigenvalue weighted by Crippen LogP contribution is 2.24. The van der Waals surface area contributed by atoms with E-state index < -0.39 is 0 Å². The van der Waals surface area contributed by atoms with Gasteiger partial charge < -0.3 is 9.32 Å². The molecule has 130 valence electrons. The van der Waals surface area contributed by atoms with Crippen molar-refractivity contribution in [1.29, 1.82) is 0 Å². The van der Waals surface area contributed by atoms with Gasteiger partial charge in [0.25, 0.3) is 0 Å². The second-order valence-corrected chi connectivity index (χ2v) is 6.71. The Morgan fingerprint density at radius 2 is 2.16 bits per heavy atom. The van der Waals surface area contributed by atoms with Gasteiger partial charge in [-0.05, 0) is 32.8 Å². The summed E-state index contributed by atoms with van der Waals surface area (Å²) in [6, 6.07) is 8.03. The van der Waals surface area contributed by atoms with E-state index >= 15 is 0 Å². The topological polar surface area (TPSA) is 64.2 Å². The van der Waals surface area contributed by atoms with Gasteiger partial charge in [0.1, 0.15) is 17.2 Å². The van der Waals surface area contributed by atoms with E-state index in [0.29, 0.717) is 13.0 Å². The maximum Gasteiger partial charge on any atom is 0.227 e. The van der Waals surface area contributed by atoms with Crippen LogP contribution >= 0.6 is 0 Å². The Morgan fingerprint density at radius 3 is 2.96 bits per heavy atom. The number of rotatable bonds is 4. The zero-order valence-electron chi connectivity index (χ0n) is 14.6. The normalized spacial score (nSPS) is 17.5. The molecule has 3 heterocycles. The first-order valence-electron chi connectivity index (χ1n) is 8.74. The Hall–Kier alpha value is -2.63. The summed E-state index contributed by atoms with van der Waals surface area (Å²) in [7, 11) is 0. The third-order valence-electron chi connectivity index (χ3n) is 4.95. The second-order valence-electron chi connectivity index (χ2n) is 6.71. The summed E-state index contributed by atoms with van der Waals surface area (Å²) >= 11 is 0. The molecule has 3 aromatic rings. The molecular weight excluding hydrogens is 316 g/mol. The summed E-state index contributed by atoms with van der Waals surface area (Å²) in [5, 5.41) is 5.46. The van der Waals surface area contributed by atoms with Crippen LogP contribution in [0.25, 0.3) is 11.0 Å². The van der Waals surface area contributed by atoms with E-state index in [2.05, 4.69) is 10.1 Å². The number of aromatic nitrogens is 3. The van der Waals surface area contributed by atoms with E-state index in [4.69, 9.17) is 4.42 Å². The summed E-state index contributed by atoms with van der Waals surface area (Å²) in [6.07, 6.45) is 4.13. The highest BCUT2D eigenvalue weighted by molar-refractivity contribution is 5.87. The van der Waals surface area contributed by atoms with Crippen molar-refractivity contribution in [3.63, 3.8) is 0 Å². The number of hydrogen-bond donors (Lipinski definition) is 0. The lowest BCUT2D eigenvalue weighted by Gasteiger charge is -2.25. The number of para-hydroxylation sites is 1. The zero-order chi connectivity index (χ0) is 17.4. The smallest absolute Gasteiger partial charge is 0.227 e. The van der Waals surface area contributed by atoms with Crippen LogP contribution in [0.4, 0.5) is 0 Å². The lowest BCUT2D eigenvalue weighted by Crippen LogP contribution is -2.39. The molecule has 0 N–H and O–H groups in total. The number of aryl methyl sites for hydroxylation is 2. The van der Waals surface area contributed by atoms with E-state index in [1.165, 1.54) is 0 Å². The molecule has 0 bridgehead atoms. The van der Waals surface area contributed by atoms with Gasteiger partial charge in [0.05, 0.1) is 25.3 Å². The van der Waals surface area contributed by atoms with Gasteiger partial charge >= 0.3 is 0 Å². The monoisotopic (exact) mass is 338 g/mol. The summed E-state index contributed by atoms with van der Waals surface area (Å²) in [4.78, 5) is 19.2. The van der Waals surface area contributed by atoms with Crippen molar-refractivity contribution in [3.05, 3.63) is 47.7 Å². The number of nitrogens with zero attached hydrogens (tertiary/aromatic N) is 4. The molecule has 1 amide bonds. The molecule has 25 heavy (non-hydrogen) atoms. The van der Waals surface area contributed by atoms with E-state index in [9.17, 15) is 4.79 Å². The second kappa shape index (κ2) is 6.35. The predicted octanol–water partition coefficient (Wildman–Crippen LogP) is 2.87. The Bertz CT molecular complexity index is 911. The van der Waals surface area contributed by atoms with E-state index in [1.807, 2.05) is 47.7 Å². The third-order valence-corrected chi connectivity index (χ3v) is 4.95. The average Bonchev–Trinajstić information content (AvgIpc) is 3.28. The molecule has 0 saturated carbocycles. The van der Waals surface area contributed by atoms with Crippen LogP contribution in [0.15, 0.2) is 34.9 Å². The van der Waals surface area contributed by atoms with Crippen molar-refractivity contribution >= 4 is 16.9 Å². The van der Waals surface area contributed by atoms with Crippen molar-refractivity contribution in [2.75, 3.05) is 6.54 Å². The van der Waals surface area contributed by atoms with Gasteiger partial charge in [0, 0.05) is 17.5 Å². The fraction of sp³-hybridized carbons (Fsp3) is 0.421. The third kappa shape index (κ3) is 3.04. The van der Waals surface area contributed by atoms with E-state index in [0.717, 1.165) is 47.6 Å². The average molecular weight is 338 g/mol. The van der Waals surface area contributed by atoms with Crippen molar-refractivity contribution in [2.45, 2.75) is 45.7 Å². The maximum absolute atomic E-state index is 12.9. The molecule has 1 aliphatic rings. The van der Waals surface area contributed by atoms with Gasteiger partial charge in [-0.3, -0.25) is 4.79 Å². The molecule has 1 unspecified atom stereocenters. The Labute approximate surface area is 146 Å². The lowest BCUT2D eigenvalue weighted by molar-refractivity contribution is -0.131. The number of hydrogen-bond acceptors (Lipinski definition) is 4. The molecule has 2 aromatic heterocycles. The Kier molecular flexibility index (Phi) is 4.03. The molecule has 6 heteroatoms. The molecule has 4 rings (SSSR count). The highest BCUT2D eigenvalue weighted by atomic mass is 16.3. The molecule has 1 fully saturated rings. The first-order chi connectivity index (χ1) is 12.1. The van der Waals surface area contributed by atoms with Gasteiger partial charge in [0.2, 0.25) is 5.91 Å². The molecule has 0 spiro atoms. The molecule has 0 aliphatic carbocycles. The molecule has 6 nitrogen and oxygen atoms in total. The molecule has 1 aromatic carbocycles. The number of fused-ring (bicyclic) bond motifs is 1. The molecule has 0 radical (unpaired) electrons.